The van der Waals surface area contributed by atoms with Crippen molar-refractivity contribution in [2.24, 2.45) is 0 Å². The molecule has 1 aromatic heterocycles. The van der Waals surface area contributed by atoms with Gasteiger partial charge in [0.1, 0.15) is 5.82 Å². The minimum Gasteiger partial charge on any atom is -0.395 e. The van der Waals surface area contributed by atoms with Crippen LogP contribution in [0.15, 0.2) is 23.1 Å². The Balaban J connectivity index is 0.00000320. The highest BCUT2D eigenvalue weighted by molar-refractivity contribution is 7.92. The SMILES string of the molecule is CC(C)(C)c1nc2cc(S(=O)(=O)C(C)(C)CO)ccc2n1CC1(O)CCCCC1.Cl. The van der Waals surface area contributed by atoms with Crippen molar-refractivity contribution in [3.8, 4) is 0 Å². The summed E-state index contributed by atoms with van der Waals surface area (Å²) in [6, 6.07) is 4.97. The maximum absolute atomic E-state index is 13.0. The number of aromatic nitrogens is 2. The molecule has 3 rings (SSSR count). The molecule has 0 aliphatic heterocycles. The van der Waals surface area contributed by atoms with Crippen molar-refractivity contribution in [1.29, 1.82) is 0 Å². The molecule has 0 unspecified atom stereocenters. The number of nitrogens with zero attached hydrogens (tertiary/aromatic N) is 2. The topological polar surface area (TPSA) is 92.4 Å². The number of imidazole rings is 1. The maximum atomic E-state index is 13.0. The molecule has 30 heavy (non-hydrogen) atoms. The van der Waals surface area contributed by atoms with Crippen molar-refractivity contribution in [3.05, 3.63) is 24.0 Å². The summed E-state index contributed by atoms with van der Waals surface area (Å²) in [6.07, 6.45) is 4.74. The zero-order valence-corrected chi connectivity index (χ0v) is 20.2. The minimum absolute atomic E-state index is 0. The molecule has 1 aliphatic rings. The lowest BCUT2D eigenvalue weighted by Crippen LogP contribution is -2.37. The Morgan fingerprint density at radius 2 is 1.70 bits per heavy atom. The monoisotopic (exact) mass is 458 g/mol. The molecular weight excluding hydrogens is 424 g/mol. The number of aliphatic hydroxyl groups is 2. The molecule has 6 nitrogen and oxygen atoms in total. The second-order valence-corrected chi connectivity index (χ2v) is 12.7. The van der Waals surface area contributed by atoms with Gasteiger partial charge in [-0.2, -0.15) is 0 Å². The van der Waals surface area contributed by atoms with Crippen molar-refractivity contribution < 1.29 is 18.6 Å². The van der Waals surface area contributed by atoms with Crippen LogP contribution in [-0.4, -0.2) is 45.1 Å². The van der Waals surface area contributed by atoms with Crippen molar-refractivity contribution >= 4 is 33.3 Å². The molecule has 0 saturated heterocycles. The highest BCUT2D eigenvalue weighted by Gasteiger charge is 2.37. The number of halogens is 1. The zero-order chi connectivity index (χ0) is 21.7. The minimum atomic E-state index is -3.71. The first-order valence-electron chi connectivity index (χ1n) is 10.4. The van der Waals surface area contributed by atoms with Crippen LogP contribution in [0.1, 0.15) is 72.5 Å². The van der Waals surface area contributed by atoms with Gasteiger partial charge in [-0.05, 0) is 44.9 Å². The van der Waals surface area contributed by atoms with Gasteiger partial charge >= 0.3 is 0 Å². The summed E-state index contributed by atoms with van der Waals surface area (Å²) in [5.74, 6) is 0.836. The molecule has 1 aromatic carbocycles. The van der Waals surface area contributed by atoms with Crippen LogP contribution in [0.4, 0.5) is 0 Å². The van der Waals surface area contributed by atoms with Crippen molar-refractivity contribution in [1.82, 2.24) is 9.55 Å². The van der Waals surface area contributed by atoms with Gasteiger partial charge < -0.3 is 14.8 Å². The highest BCUT2D eigenvalue weighted by Crippen LogP contribution is 2.35. The first kappa shape index (κ1) is 25.1. The normalized spacial score (nSPS) is 17.7. The molecule has 2 aromatic rings. The van der Waals surface area contributed by atoms with Crippen LogP contribution in [0.5, 0.6) is 0 Å². The van der Waals surface area contributed by atoms with Gasteiger partial charge in [0.15, 0.2) is 9.84 Å². The number of benzene rings is 1. The van der Waals surface area contributed by atoms with Gasteiger partial charge in [0, 0.05) is 5.41 Å². The molecule has 0 radical (unpaired) electrons. The zero-order valence-electron chi connectivity index (χ0n) is 18.6. The van der Waals surface area contributed by atoms with E-state index in [4.69, 9.17) is 4.98 Å². The number of sulfone groups is 1. The highest BCUT2D eigenvalue weighted by atomic mass is 35.5. The standard InChI is InChI=1S/C22H34N2O4S.ClH/c1-20(2,3)19-23-17-13-16(29(27,28)21(4,5)15-25)9-10-18(17)24(19)14-22(26)11-7-6-8-12-22;/h9-10,13,25-26H,6-8,11-12,14-15H2,1-5H3;1H. The molecule has 170 valence electrons. The second-order valence-electron chi connectivity index (χ2n) is 10.1. The first-order valence-corrected chi connectivity index (χ1v) is 11.9. The molecule has 0 atom stereocenters. The van der Waals surface area contributed by atoms with E-state index >= 15 is 0 Å². The van der Waals surface area contributed by atoms with Gasteiger partial charge in [-0.1, -0.05) is 40.0 Å². The fraction of sp³-hybridized carbons (Fsp3) is 0.682. The third-order valence-electron chi connectivity index (χ3n) is 6.05. The molecule has 0 spiro atoms. The quantitative estimate of drug-likeness (QED) is 0.706. The maximum Gasteiger partial charge on any atom is 0.185 e. The van der Waals surface area contributed by atoms with E-state index in [1.807, 2.05) is 0 Å². The van der Waals surface area contributed by atoms with Gasteiger partial charge in [0.2, 0.25) is 0 Å². The second kappa shape index (κ2) is 8.41. The van der Waals surface area contributed by atoms with Crippen molar-refractivity contribution in [3.63, 3.8) is 0 Å². The van der Waals surface area contributed by atoms with Gasteiger partial charge in [-0.15, -0.1) is 12.4 Å². The first-order chi connectivity index (χ1) is 13.3. The molecule has 8 heteroatoms. The number of hydrogen-bond donors (Lipinski definition) is 2. The average molecular weight is 459 g/mol. The van der Waals surface area contributed by atoms with Gasteiger partial charge in [0.05, 0.1) is 39.4 Å². The van der Waals surface area contributed by atoms with E-state index < -0.39 is 26.8 Å². The molecular formula is C22H35ClN2O4S. The van der Waals surface area contributed by atoms with E-state index in [1.54, 1.807) is 18.2 Å². The predicted molar refractivity (Wildman–Crippen MR) is 122 cm³/mol. The molecule has 1 heterocycles. The van der Waals surface area contributed by atoms with Crippen LogP contribution >= 0.6 is 12.4 Å². The van der Waals surface area contributed by atoms with E-state index in [2.05, 4.69) is 25.3 Å². The fourth-order valence-electron chi connectivity index (χ4n) is 4.08. The average Bonchev–Trinajstić information content (AvgIpc) is 2.99. The number of fused-ring (bicyclic) bond motifs is 1. The Labute approximate surface area is 186 Å². The lowest BCUT2D eigenvalue weighted by Gasteiger charge is -2.34. The van der Waals surface area contributed by atoms with E-state index in [-0.39, 0.29) is 22.7 Å². The summed E-state index contributed by atoms with van der Waals surface area (Å²) in [6.45, 7) is 9.26. The Morgan fingerprint density at radius 1 is 1.10 bits per heavy atom. The molecule has 1 aliphatic carbocycles. The fourth-order valence-corrected chi connectivity index (χ4v) is 5.40. The molecule has 0 amide bonds. The molecule has 1 saturated carbocycles. The summed E-state index contributed by atoms with van der Waals surface area (Å²) in [7, 11) is -3.71. The Hall–Kier alpha value is -1.15. The van der Waals surface area contributed by atoms with Crippen LogP contribution in [0, 0.1) is 0 Å². The smallest absolute Gasteiger partial charge is 0.185 e. The van der Waals surface area contributed by atoms with Crippen LogP contribution in [-0.2, 0) is 21.8 Å². The van der Waals surface area contributed by atoms with Gasteiger partial charge in [-0.25, -0.2) is 13.4 Å². The van der Waals surface area contributed by atoms with Crippen LogP contribution in [0.25, 0.3) is 11.0 Å². The Bertz CT molecular complexity index is 1000. The van der Waals surface area contributed by atoms with E-state index in [0.717, 1.165) is 43.4 Å². The number of hydrogen-bond acceptors (Lipinski definition) is 5. The summed E-state index contributed by atoms with van der Waals surface area (Å²) in [5.41, 5.74) is 0.419. The summed E-state index contributed by atoms with van der Waals surface area (Å²) >= 11 is 0. The Morgan fingerprint density at radius 3 is 2.23 bits per heavy atom. The van der Waals surface area contributed by atoms with E-state index in [1.165, 1.54) is 13.8 Å². The predicted octanol–water partition coefficient (Wildman–Crippen LogP) is 4.00. The lowest BCUT2D eigenvalue weighted by atomic mass is 9.84. The number of rotatable bonds is 5. The summed E-state index contributed by atoms with van der Waals surface area (Å²) in [5, 5.41) is 20.7. The molecule has 2 N–H and O–H groups in total. The summed E-state index contributed by atoms with van der Waals surface area (Å²) in [4.78, 5) is 4.95. The third-order valence-corrected chi connectivity index (χ3v) is 8.50. The number of aliphatic hydroxyl groups excluding tert-OH is 1. The molecule has 0 bridgehead atoms. The summed E-state index contributed by atoms with van der Waals surface area (Å²) < 4.78 is 26.7. The van der Waals surface area contributed by atoms with E-state index in [0.29, 0.717) is 12.1 Å². The molecule has 1 fully saturated rings. The van der Waals surface area contributed by atoms with Crippen molar-refractivity contribution in [2.75, 3.05) is 6.61 Å². The Kier molecular flexibility index (Phi) is 7.04. The van der Waals surface area contributed by atoms with Gasteiger partial charge in [-0.3, -0.25) is 0 Å². The van der Waals surface area contributed by atoms with Gasteiger partial charge in [0.25, 0.3) is 0 Å². The van der Waals surface area contributed by atoms with Crippen molar-refractivity contribution in [2.45, 2.75) is 93.9 Å². The van der Waals surface area contributed by atoms with E-state index in [9.17, 15) is 18.6 Å². The van der Waals surface area contributed by atoms with Crippen LogP contribution in [0.2, 0.25) is 0 Å². The van der Waals surface area contributed by atoms with Crippen LogP contribution < -0.4 is 0 Å². The largest absolute Gasteiger partial charge is 0.395 e. The lowest BCUT2D eigenvalue weighted by molar-refractivity contribution is -0.0116. The third kappa shape index (κ3) is 4.54. The van der Waals surface area contributed by atoms with Crippen LogP contribution in [0.3, 0.4) is 0 Å².